The summed E-state index contributed by atoms with van der Waals surface area (Å²) in [5, 5.41) is 12.6. The number of carboxylic acid groups (broad SMARTS) is 1. The number of rotatable bonds is 1. The maximum Gasteiger partial charge on any atom is 0.307 e. The van der Waals surface area contributed by atoms with E-state index in [0.29, 0.717) is 5.92 Å². The van der Waals surface area contributed by atoms with E-state index in [9.17, 15) is 4.79 Å². The maximum atomic E-state index is 10.8. The molecule has 2 aliphatic carbocycles. The molecule has 12 heavy (non-hydrogen) atoms. The van der Waals surface area contributed by atoms with E-state index >= 15 is 0 Å². The Hall–Kier alpha value is -1.06. The molecule has 2 fully saturated rings. The van der Waals surface area contributed by atoms with E-state index in [4.69, 9.17) is 10.9 Å². The second-order valence-corrected chi connectivity index (χ2v) is 3.63. The molecule has 2 rings (SSSR count). The van der Waals surface area contributed by atoms with Crippen molar-refractivity contribution in [2.24, 2.45) is 28.7 Å². The van der Waals surface area contributed by atoms with Crippen molar-refractivity contribution in [1.29, 1.82) is 0 Å². The van der Waals surface area contributed by atoms with E-state index in [1.807, 2.05) is 0 Å². The molecule has 0 radical (unpaired) electrons. The van der Waals surface area contributed by atoms with Gasteiger partial charge >= 0.3 is 5.97 Å². The van der Waals surface area contributed by atoms with Crippen molar-refractivity contribution in [3.05, 3.63) is 0 Å². The summed E-state index contributed by atoms with van der Waals surface area (Å²) in [5.41, 5.74) is 0.915. The molecule has 4 nitrogen and oxygen atoms in total. The third-order valence-electron chi connectivity index (χ3n) is 3.14. The Morgan fingerprint density at radius 2 is 2.33 bits per heavy atom. The van der Waals surface area contributed by atoms with Crippen LogP contribution >= 0.6 is 0 Å². The van der Waals surface area contributed by atoms with E-state index in [1.54, 1.807) is 0 Å². The number of hydrazone groups is 1. The smallest absolute Gasteiger partial charge is 0.307 e. The average molecular weight is 168 g/mol. The van der Waals surface area contributed by atoms with Gasteiger partial charge in [0.25, 0.3) is 0 Å². The predicted molar refractivity (Wildman–Crippen MR) is 43.6 cm³/mol. The molecule has 0 spiro atoms. The van der Waals surface area contributed by atoms with Crippen LogP contribution in [0.25, 0.3) is 0 Å². The highest BCUT2D eigenvalue weighted by Crippen LogP contribution is 2.47. The first kappa shape index (κ1) is 7.58. The Kier molecular flexibility index (Phi) is 1.56. The van der Waals surface area contributed by atoms with Gasteiger partial charge in [0.15, 0.2) is 0 Å². The summed E-state index contributed by atoms with van der Waals surface area (Å²) < 4.78 is 0. The van der Waals surface area contributed by atoms with Crippen LogP contribution < -0.4 is 5.84 Å². The minimum absolute atomic E-state index is 0.137. The summed E-state index contributed by atoms with van der Waals surface area (Å²) in [6.07, 6.45) is 2.79. The monoisotopic (exact) mass is 168 g/mol. The molecule has 3 atom stereocenters. The van der Waals surface area contributed by atoms with Crippen molar-refractivity contribution in [2.45, 2.75) is 19.3 Å². The highest BCUT2D eigenvalue weighted by molar-refractivity contribution is 5.95. The first-order chi connectivity index (χ1) is 5.74. The highest BCUT2D eigenvalue weighted by atomic mass is 16.4. The van der Waals surface area contributed by atoms with Crippen molar-refractivity contribution in [3.8, 4) is 0 Å². The van der Waals surface area contributed by atoms with Gasteiger partial charge in [0, 0.05) is 11.6 Å². The lowest BCUT2D eigenvalue weighted by molar-refractivity contribution is -0.143. The summed E-state index contributed by atoms with van der Waals surface area (Å²) in [6.45, 7) is 0. The molecule has 3 N–H and O–H groups in total. The summed E-state index contributed by atoms with van der Waals surface area (Å²) in [5.74, 6) is 4.73. The predicted octanol–water partition coefficient (Wildman–Crippen LogP) is 0.432. The molecule has 0 aromatic heterocycles. The van der Waals surface area contributed by atoms with E-state index in [2.05, 4.69) is 5.10 Å². The number of fused-ring (bicyclic) bond motifs is 2. The van der Waals surface area contributed by atoms with Crippen molar-refractivity contribution < 1.29 is 9.90 Å². The number of aliphatic carboxylic acids is 1. The molecule has 2 aliphatic rings. The first-order valence-corrected chi connectivity index (χ1v) is 4.23. The van der Waals surface area contributed by atoms with Gasteiger partial charge in [0.2, 0.25) is 0 Å². The van der Waals surface area contributed by atoms with E-state index in [-0.39, 0.29) is 11.8 Å². The topological polar surface area (TPSA) is 75.7 Å². The van der Waals surface area contributed by atoms with E-state index in [1.165, 1.54) is 0 Å². The Morgan fingerprint density at radius 1 is 1.58 bits per heavy atom. The lowest BCUT2D eigenvalue weighted by atomic mass is 9.98. The summed E-state index contributed by atoms with van der Waals surface area (Å²) in [4.78, 5) is 10.8. The van der Waals surface area contributed by atoms with E-state index < -0.39 is 5.97 Å². The highest BCUT2D eigenvalue weighted by Gasteiger charge is 2.49. The summed E-state index contributed by atoms with van der Waals surface area (Å²) >= 11 is 0. The molecular weight excluding hydrogens is 156 g/mol. The Balaban J connectivity index is 2.25. The van der Waals surface area contributed by atoms with Gasteiger partial charge in [0.1, 0.15) is 0 Å². The number of nitrogens with zero attached hydrogens (tertiary/aromatic N) is 1. The number of nitrogens with two attached hydrogens (primary N) is 1. The molecule has 0 unspecified atom stereocenters. The molecule has 0 heterocycles. The zero-order valence-corrected chi connectivity index (χ0v) is 6.73. The summed E-state index contributed by atoms with van der Waals surface area (Å²) in [6, 6.07) is 0. The number of hydrogen-bond acceptors (Lipinski definition) is 3. The lowest BCUT2D eigenvalue weighted by Gasteiger charge is -2.09. The molecule has 0 saturated heterocycles. The zero-order chi connectivity index (χ0) is 8.72. The van der Waals surface area contributed by atoms with Crippen molar-refractivity contribution >= 4 is 11.7 Å². The fourth-order valence-electron chi connectivity index (χ4n) is 2.63. The quantitative estimate of drug-likeness (QED) is 0.440. The van der Waals surface area contributed by atoms with Crippen LogP contribution in [0.4, 0.5) is 0 Å². The van der Waals surface area contributed by atoms with Gasteiger partial charge in [-0.15, -0.1) is 0 Å². The van der Waals surface area contributed by atoms with Crippen LogP contribution in [0.2, 0.25) is 0 Å². The van der Waals surface area contributed by atoms with Gasteiger partial charge in [-0.25, -0.2) is 0 Å². The molecule has 0 aromatic carbocycles. The van der Waals surface area contributed by atoms with Gasteiger partial charge < -0.3 is 10.9 Å². The van der Waals surface area contributed by atoms with Gasteiger partial charge in [-0.2, -0.15) is 5.10 Å². The van der Waals surface area contributed by atoms with Crippen LogP contribution in [0.15, 0.2) is 5.10 Å². The van der Waals surface area contributed by atoms with Crippen LogP contribution in [0.1, 0.15) is 19.3 Å². The van der Waals surface area contributed by atoms with Crippen LogP contribution in [0.5, 0.6) is 0 Å². The number of hydrogen-bond donors (Lipinski definition) is 2. The molecule has 4 heteroatoms. The molecule has 0 amide bonds. The van der Waals surface area contributed by atoms with Crippen molar-refractivity contribution in [3.63, 3.8) is 0 Å². The van der Waals surface area contributed by atoms with Gasteiger partial charge in [0.05, 0.1) is 5.92 Å². The minimum atomic E-state index is -0.679. The molecule has 66 valence electrons. The van der Waals surface area contributed by atoms with Crippen molar-refractivity contribution in [1.82, 2.24) is 0 Å². The summed E-state index contributed by atoms with van der Waals surface area (Å²) in [7, 11) is 0. The van der Waals surface area contributed by atoms with Gasteiger partial charge in [-0.1, -0.05) is 0 Å². The fraction of sp³-hybridized carbons (Fsp3) is 0.750. The number of carbonyl (C=O) groups is 1. The van der Waals surface area contributed by atoms with Crippen molar-refractivity contribution in [2.75, 3.05) is 0 Å². The van der Waals surface area contributed by atoms with Gasteiger partial charge in [-0.05, 0) is 25.2 Å². The molecule has 2 bridgehead atoms. The minimum Gasteiger partial charge on any atom is -0.481 e. The Bertz CT molecular complexity index is 249. The Labute approximate surface area is 70.4 Å². The SMILES string of the molecule is N/N=C1/C[C@@H]2CC[C@H]1[C@@H]2C(=O)O. The Morgan fingerprint density at radius 3 is 2.75 bits per heavy atom. The fourth-order valence-corrected chi connectivity index (χ4v) is 2.63. The molecular formula is C8H12N2O2. The largest absolute Gasteiger partial charge is 0.481 e. The third kappa shape index (κ3) is 0.838. The zero-order valence-electron chi connectivity index (χ0n) is 6.73. The average Bonchev–Trinajstić information content (AvgIpc) is 2.59. The molecule has 2 saturated carbocycles. The van der Waals surface area contributed by atoms with Crippen LogP contribution in [-0.4, -0.2) is 16.8 Å². The third-order valence-corrected chi connectivity index (χ3v) is 3.14. The second kappa shape index (κ2) is 2.47. The maximum absolute atomic E-state index is 10.8. The lowest BCUT2D eigenvalue weighted by Crippen LogP contribution is -2.20. The van der Waals surface area contributed by atoms with Crippen LogP contribution in [0.3, 0.4) is 0 Å². The van der Waals surface area contributed by atoms with Gasteiger partial charge in [-0.3, -0.25) is 4.79 Å². The number of carboxylic acids is 1. The van der Waals surface area contributed by atoms with E-state index in [0.717, 1.165) is 25.0 Å². The standard InChI is InChI=1S/C8H12N2O2/c9-10-6-3-4-1-2-5(6)7(4)8(11)12/h4-5,7H,1-3,9H2,(H,11,12)/b10-6-/t4-,5+,7+/m0/s1. The normalized spacial score (nSPS) is 42.3. The van der Waals surface area contributed by atoms with Crippen LogP contribution in [0, 0.1) is 17.8 Å². The molecule has 0 aliphatic heterocycles. The van der Waals surface area contributed by atoms with Crippen LogP contribution in [-0.2, 0) is 4.79 Å². The second-order valence-electron chi connectivity index (χ2n) is 3.63. The molecule has 0 aromatic rings. The first-order valence-electron chi connectivity index (χ1n) is 4.23.